The van der Waals surface area contributed by atoms with Gasteiger partial charge in [0.25, 0.3) is 0 Å². The van der Waals surface area contributed by atoms with Gasteiger partial charge in [-0.2, -0.15) is 0 Å². The number of hydrogen-bond acceptors (Lipinski definition) is 3. The van der Waals surface area contributed by atoms with Crippen molar-refractivity contribution in [2.45, 2.75) is 31.8 Å². The first-order valence-electron chi connectivity index (χ1n) is 5.11. The predicted octanol–water partition coefficient (Wildman–Crippen LogP) is 1.67. The molecule has 0 saturated heterocycles. The van der Waals surface area contributed by atoms with Gasteiger partial charge >= 0.3 is 0 Å². The molecular formula is C11H16N2O. The van der Waals surface area contributed by atoms with Gasteiger partial charge in [0.05, 0.1) is 5.60 Å². The summed E-state index contributed by atoms with van der Waals surface area (Å²) in [5.74, 6) is 0.374. The third-order valence-electron chi connectivity index (χ3n) is 3.11. The standard InChI is InChI=1S/C11H16N2O/c1-2-11(14,8-3-4-8)9-7-13-6-5-10(9)12/h5-8,14H,2-4H2,1H3,(H2,12,13). The molecule has 14 heavy (non-hydrogen) atoms. The van der Waals surface area contributed by atoms with Crippen LogP contribution in [-0.4, -0.2) is 10.1 Å². The van der Waals surface area contributed by atoms with Gasteiger partial charge in [0.15, 0.2) is 0 Å². The fourth-order valence-corrected chi connectivity index (χ4v) is 2.03. The highest BCUT2D eigenvalue weighted by Gasteiger charge is 2.44. The van der Waals surface area contributed by atoms with E-state index in [4.69, 9.17) is 5.73 Å². The number of nitrogen functional groups attached to an aromatic ring is 1. The van der Waals surface area contributed by atoms with Gasteiger partial charge in [-0.1, -0.05) is 6.92 Å². The molecule has 1 heterocycles. The van der Waals surface area contributed by atoms with Crippen LogP contribution in [0.5, 0.6) is 0 Å². The van der Waals surface area contributed by atoms with Crippen LogP contribution >= 0.6 is 0 Å². The number of pyridine rings is 1. The summed E-state index contributed by atoms with van der Waals surface area (Å²) in [6, 6.07) is 1.75. The highest BCUT2D eigenvalue weighted by atomic mass is 16.3. The summed E-state index contributed by atoms with van der Waals surface area (Å²) in [6.45, 7) is 1.99. The van der Waals surface area contributed by atoms with Crippen molar-refractivity contribution in [1.82, 2.24) is 4.98 Å². The van der Waals surface area contributed by atoms with E-state index in [1.807, 2.05) is 6.92 Å². The summed E-state index contributed by atoms with van der Waals surface area (Å²) in [5, 5.41) is 10.5. The SMILES string of the molecule is CCC(O)(c1cnccc1N)C1CC1. The third kappa shape index (κ3) is 1.38. The molecular weight excluding hydrogens is 176 g/mol. The number of aliphatic hydroxyl groups is 1. The number of hydrogen-bond donors (Lipinski definition) is 2. The molecule has 1 aromatic heterocycles. The van der Waals surface area contributed by atoms with E-state index >= 15 is 0 Å². The van der Waals surface area contributed by atoms with Crippen LogP contribution in [0.3, 0.4) is 0 Å². The second kappa shape index (κ2) is 3.24. The van der Waals surface area contributed by atoms with Crippen molar-refractivity contribution < 1.29 is 5.11 Å². The first kappa shape index (κ1) is 9.46. The van der Waals surface area contributed by atoms with Gasteiger partial charge in [-0.05, 0) is 31.2 Å². The van der Waals surface area contributed by atoms with Crippen LogP contribution in [0.2, 0.25) is 0 Å². The molecule has 1 aromatic rings. The van der Waals surface area contributed by atoms with Gasteiger partial charge < -0.3 is 10.8 Å². The molecule has 1 unspecified atom stereocenters. The van der Waals surface area contributed by atoms with Crippen LogP contribution in [0.4, 0.5) is 5.69 Å². The Kier molecular flexibility index (Phi) is 2.19. The number of aromatic nitrogens is 1. The Hall–Kier alpha value is -1.09. The third-order valence-corrected chi connectivity index (χ3v) is 3.11. The molecule has 0 bridgehead atoms. The van der Waals surface area contributed by atoms with E-state index in [0.717, 1.165) is 18.4 Å². The monoisotopic (exact) mass is 192 g/mol. The normalized spacial score (nSPS) is 20.4. The average Bonchev–Trinajstić information content (AvgIpc) is 3.01. The molecule has 1 aliphatic carbocycles. The second-order valence-corrected chi connectivity index (χ2v) is 4.02. The Balaban J connectivity index is 2.40. The zero-order chi connectivity index (χ0) is 10.2. The molecule has 0 radical (unpaired) electrons. The summed E-state index contributed by atoms with van der Waals surface area (Å²) in [7, 11) is 0. The highest BCUT2D eigenvalue weighted by Crippen LogP contribution is 2.48. The number of rotatable bonds is 3. The van der Waals surface area contributed by atoms with E-state index in [2.05, 4.69) is 4.98 Å². The molecule has 1 saturated carbocycles. The van der Waals surface area contributed by atoms with E-state index < -0.39 is 5.60 Å². The van der Waals surface area contributed by atoms with Crippen LogP contribution < -0.4 is 5.73 Å². The molecule has 3 heteroatoms. The molecule has 1 fully saturated rings. The van der Waals surface area contributed by atoms with Crippen LogP contribution in [0, 0.1) is 5.92 Å². The van der Waals surface area contributed by atoms with Crippen molar-refractivity contribution in [3.05, 3.63) is 24.0 Å². The lowest BCUT2D eigenvalue weighted by atomic mass is 9.86. The summed E-state index contributed by atoms with van der Waals surface area (Å²) in [5.41, 5.74) is 6.54. The van der Waals surface area contributed by atoms with Crippen molar-refractivity contribution in [2.75, 3.05) is 5.73 Å². The fourth-order valence-electron chi connectivity index (χ4n) is 2.03. The zero-order valence-corrected chi connectivity index (χ0v) is 8.40. The number of nitrogens with zero attached hydrogens (tertiary/aromatic N) is 1. The van der Waals surface area contributed by atoms with Crippen molar-refractivity contribution >= 4 is 5.69 Å². The summed E-state index contributed by atoms with van der Waals surface area (Å²) >= 11 is 0. The minimum atomic E-state index is -0.752. The Morgan fingerprint density at radius 2 is 2.36 bits per heavy atom. The molecule has 3 N–H and O–H groups in total. The lowest BCUT2D eigenvalue weighted by Gasteiger charge is -2.28. The lowest BCUT2D eigenvalue weighted by molar-refractivity contribution is 0.00933. The van der Waals surface area contributed by atoms with Crippen LogP contribution in [0.15, 0.2) is 18.5 Å². The molecule has 0 aromatic carbocycles. The van der Waals surface area contributed by atoms with Gasteiger partial charge in [-0.15, -0.1) is 0 Å². The first-order chi connectivity index (χ1) is 6.68. The molecule has 0 spiro atoms. The van der Waals surface area contributed by atoms with Gasteiger partial charge in [-0.3, -0.25) is 4.98 Å². The van der Waals surface area contributed by atoms with Crippen LogP contribution in [0.1, 0.15) is 31.7 Å². The molecule has 1 aliphatic rings. The summed E-state index contributed by atoms with van der Waals surface area (Å²) in [6.07, 6.45) is 6.24. The molecule has 2 rings (SSSR count). The van der Waals surface area contributed by atoms with Crippen molar-refractivity contribution in [1.29, 1.82) is 0 Å². The van der Waals surface area contributed by atoms with Crippen molar-refractivity contribution in [3.8, 4) is 0 Å². The van der Waals surface area contributed by atoms with Gasteiger partial charge in [0.2, 0.25) is 0 Å². The minimum absolute atomic E-state index is 0.374. The van der Waals surface area contributed by atoms with Crippen LogP contribution in [-0.2, 0) is 5.60 Å². The molecule has 1 atom stereocenters. The van der Waals surface area contributed by atoms with E-state index in [1.54, 1.807) is 18.5 Å². The number of anilines is 1. The maximum Gasteiger partial charge on any atom is 0.0956 e. The molecule has 76 valence electrons. The Morgan fingerprint density at radius 3 is 2.86 bits per heavy atom. The maximum absolute atomic E-state index is 10.5. The second-order valence-electron chi connectivity index (χ2n) is 4.02. The molecule has 3 nitrogen and oxygen atoms in total. The highest BCUT2D eigenvalue weighted by molar-refractivity contribution is 5.48. The average molecular weight is 192 g/mol. The van der Waals surface area contributed by atoms with Crippen LogP contribution in [0.25, 0.3) is 0 Å². The fraction of sp³-hybridized carbons (Fsp3) is 0.545. The summed E-state index contributed by atoms with van der Waals surface area (Å²) < 4.78 is 0. The quantitative estimate of drug-likeness (QED) is 0.765. The molecule has 0 aliphatic heterocycles. The number of nitrogens with two attached hydrogens (primary N) is 1. The van der Waals surface area contributed by atoms with Crippen molar-refractivity contribution in [3.63, 3.8) is 0 Å². The zero-order valence-electron chi connectivity index (χ0n) is 8.40. The van der Waals surface area contributed by atoms with Gasteiger partial charge in [-0.25, -0.2) is 0 Å². The summed E-state index contributed by atoms with van der Waals surface area (Å²) in [4.78, 5) is 4.03. The molecule has 0 amide bonds. The Bertz CT molecular complexity index is 336. The van der Waals surface area contributed by atoms with Crippen molar-refractivity contribution in [2.24, 2.45) is 5.92 Å². The maximum atomic E-state index is 10.5. The van der Waals surface area contributed by atoms with E-state index in [-0.39, 0.29) is 0 Å². The minimum Gasteiger partial charge on any atom is -0.398 e. The van der Waals surface area contributed by atoms with Gasteiger partial charge in [0.1, 0.15) is 0 Å². The largest absolute Gasteiger partial charge is 0.398 e. The smallest absolute Gasteiger partial charge is 0.0956 e. The predicted molar refractivity (Wildman–Crippen MR) is 55.6 cm³/mol. The van der Waals surface area contributed by atoms with E-state index in [0.29, 0.717) is 18.0 Å². The topological polar surface area (TPSA) is 59.1 Å². The Morgan fingerprint density at radius 1 is 1.64 bits per heavy atom. The van der Waals surface area contributed by atoms with E-state index in [9.17, 15) is 5.11 Å². The first-order valence-corrected chi connectivity index (χ1v) is 5.11. The lowest BCUT2D eigenvalue weighted by Crippen LogP contribution is -2.28. The van der Waals surface area contributed by atoms with Gasteiger partial charge in [0, 0.05) is 23.6 Å². The Labute approximate surface area is 84.0 Å². The van der Waals surface area contributed by atoms with E-state index in [1.165, 1.54) is 0 Å².